The second-order valence-corrected chi connectivity index (χ2v) is 11.6. The molecule has 0 aliphatic heterocycles. The van der Waals surface area contributed by atoms with Gasteiger partial charge in [-0.2, -0.15) is 0 Å². The molecule has 0 spiro atoms. The van der Waals surface area contributed by atoms with Crippen LogP contribution in [0.4, 0.5) is 10.5 Å². The van der Waals surface area contributed by atoms with E-state index in [2.05, 4.69) is 33.8 Å². The van der Waals surface area contributed by atoms with Crippen LogP contribution in [0.3, 0.4) is 0 Å². The highest BCUT2D eigenvalue weighted by molar-refractivity contribution is 6.31. The summed E-state index contributed by atoms with van der Waals surface area (Å²) in [4.78, 5) is 30.7. The molecule has 2 amide bonds. The molecule has 222 valence electrons. The van der Waals surface area contributed by atoms with Crippen molar-refractivity contribution in [1.29, 1.82) is 0 Å². The topological polar surface area (TPSA) is 122 Å². The number of amides is 2. The summed E-state index contributed by atoms with van der Waals surface area (Å²) in [6, 6.07) is 12.7. The van der Waals surface area contributed by atoms with Crippen LogP contribution >= 0.6 is 11.6 Å². The summed E-state index contributed by atoms with van der Waals surface area (Å²) in [7, 11) is 0. The first-order valence-corrected chi connectivity index (χ1v) is 15.4. The monoisotopic (exact) mass is 589 g/mol. The number of benzene rings is 2. The Labute approximate surface area is 251 Å². The number of nitrogens with one attached hydrogen (secondary N) is 3. The van der Waals surface area contributed by atoms with Gasteiger partial charge in [0.1, 0.15) is 0 Å². The van der Waals surface area contributed by atoms with Crippen molar-refractivity contribution in [2.45, 2.75) is 77.2 Å². The first kappa shape index (κ1) is 29.7. The number of primary amides is 1. The Kier molecular flexibility index (Phi) is 9.85. The molecule has 0 saturated carbocycles. The van der Waals surface area contributed by atoms with Gasteiger partial charge in [0.15, 0.2) is 0 Å². The molecular formula is C33H40ClN5O3. The molecule has 0 fully saturated rings. The highest BCUT2D eigenvalue weighted by Crippen LogP contribution is 2.38. The van der Waals surface area contributed by atoms with E-state index in [0.717, 1.165) is 86.3 Å². The highest BCUT2D eigenvalue weighted by atomic mass is 35.5. The number of aromatic amines is 1. The number of H-pyrrole nitrogens is 1. The van der Waals surface area contributed by atoms with Crippen molar-refractivity contribution in [3.8, 4) is 0 Å². The molecule has 2 aromatic carbocycles. The highest BCUT2D eigenvalue weighted by Gasteiger charge is 2.22. The number of fused-ring (bicyclic) bond motifs is 3. The normalized spacial score (nSPS) is 13.6. The minimum Gasteiger partial charge on any atom is -0.450 e. The minimum absolute atomic E-state index is 0.0194. The van der Waals surface area contributed by atoms with Crippen molar-refractivity contribution in [2.24, 2.45) is 5.73 Å². The van der Waals surface area contributed by atoms with Crippen molar-refractivity contribution in [1.82, 2.24) is 15.3 Å². The zero-order valence-corrected chi connectivity index (χ0v) is 25.0. The second-order valence-electron chi connectivity index (χ2n) is 11.2. The Hall–Kier alpha value is -3.78. The van der Waals surface area contributed by atoms with Crippen LogP contribution in [0.5, 0.6) is 0 Å². The van der Waals surface area contributed by atoms with Crippen LogP contribution in [0.1, 0.15) is 80.3 Å². The van der Waals surface area contributed by atoms with Gasteiger partial charge < -0.3 is 26.1 Å². The van der Waals surface area contributed by atoms with E-state index in [1.165, 1.54) is 27.8 Å². The molecule has 5 N–H and O–H groups in total. The number of aromatic nitrogens is 2. The number of pyridine rings is 1. The fourth-order valence-corrected chi connectivity index (χ4v) is 6.20. The predicted molar refractivity (Wildman–Crippen MR) is 169 cm³/mol. The van der Waals surface area contributed by atoms with Crippen LogP contribution in [0.2, 0.25) is 5.02 Å². The number of carbonyl (C=O) groups is 2. The number of rotatable bonds is 13. The summed E-state index contributed by atoms with van der Waals surface area (Å²) in [5.74, 6) is -0.0194. The SMILES string of the molecule is CC(=O)NCCc1c[nH]c2ccc(C(CCCCCCOC(N)=O)Nc3c4c(nc5ccc(Cl)cc35)CCCC4)cc12. The Morgan fingerprint density at radius 3 is 2.74 bits per heavy atom. The maximum Gasteiger partial charge on any atom is 0.404 e. The maximum absolute atomic E-state index is 11.4. The number of nitrogens with two attached hydrogens (primary N) is 1. The Morgan fingerprint density at radius 2 is 1.90 bits per heavy atom. The molecule has 2 heterocycles. The minimum atomic E-state index is -0.719. The number of carbonyl (C=O) groups excluding carboxylic acids is 2. The first-order valence-electron chi connectivity index (χ1n) is 15.0. The predicted octanol–water partition coefficient (Wildman–Crippen LogP) is 7.13. The number of ether oxygens (including phenoxy) is 1. The van der Waals surface area contributed by atoms with Gasteiger partial charge in [-0.1, -0.05) is 36.9 Å². The van der Waals surface area contributed by atoms with E-state index in [0.29, 0.717) is 18.2 Å². The molecule has 9 heteroatoms. The summed E-state index contributed by atoms with van der Waals surface area (Å²) >= 11 is 6.50. The fourth-order valence-electron chi connectivity index (χ4n) is 6.03. The molecule has 42 heavy (non-hydrogen) atoms. The number of nitrogens with zero attached hydrogens (tertiary/aromatic N) is 1. The first-order chi connectivity index (χ1) is 20.4. The van der Waals surface area contributed by atoms with Crippen LogP contribution in [-0.2, 0) is 28.8 Å². The lowest BCUT2D eigenvalue weighted by Gasteiger charge is -2.27. The van der Waals surface area contributed by atoms with Gasteiger partial charge >= 0.3 is 6.09 Å². The van der Waals surface area contributed by atoms with Crippen molar-refractivity contribution in [3.05, 3.63) is 70.0 Å². The average molecular weight is 590 g/mol. The van der Waals surface area contributed by atoms with Crippen LogP contribution in [0.15, 0.2) is 42.6 Å². The lowest BCUT2D eigenvalue weighted by molar-refractivity contribution is -0.118. The lowest BCUT2D eigenvalue weighted by Crippen LogP contribution is -2.22. The third-order valence-corrected chi connectivity index (χ3v) is 8.37. The average Bonchev–Trinajstić information content (AvgIpc) is 3.37. The van der Waals surface area contributed by atoms with E-state index in [4.69, 9.17) is 27.1 Å². The fraction of sp³-hybridized carbons (Fsp3) is 0.424. The number of unbranched alkanes of at least 4 members (excludes halogenated alkanes) is 3. The van der Waals surface area contributed by atoms with Gasteiger partial charge in [-0.25, -0.2) is 4.79 Å². The van der Waals surface area contributed by atoms with Crippen LogP contribution in [-0.4, -0.2) is 35.1 Å². The molecule has 8 nitrogen and oxygen atoms in total. The van der Waals surface area contributed by atoms with Gasteiger partial charge in [0.2, 0.25) is 5.91 Å². The van der Waals surface area contributed by atoms with Gasteiger partial charge in [-0.05, 0) is 92.0 Å². The molecule has 0 bridgehead atoms. The zero-order valence-electron chi connectivity index (χ0n) is 24.2. The molecule has 5 rings (SSSR count). The molecule has 1 aliphatic carbocycles. The number of aryl methyl sites for hydroxylation is 1. The van der Waals surface area contributed by atoms with E-state index >= 15 is 0 Å². The molecule has 4 aromatic rings. The number of anilines is 1. The van der Waals surface area contributed by atoms with Gasteiger partial charge in [-0.15, -0.1) is 0 Å². The molecule has 1 aliphatic rings. The van der Waals surface area contributed by atoms with Gasteiger partial charge in [-0.3, -0.25) is 9.78 Å². The standard InChI is InChI=1S/C33H40ClN5O3/c1-21(40)36-16-15-23-20-37-29-13-11-22(18-26(23)29)28(9-4-2-3-7-17-42-33(35)41)39-32-25-8-5-6-10-30(25)38-31-14-12-24(34)19-27(31)32/h11-14,18-20,28,37H,2-10,15-17H2,1H3,(H2,35,41)(H,36,40)(H,38,39). The Bertz CT molecular complexity index is 1570. The van der Waals surface area contributed by atoms with Crippen LogP contribution in [0.25, 0.3) is 21.8 Å². The second kappa shape index (κ2) is 13.9. The summed E-state index contributed by atoms with van der Waals surface area (Å²) < 4.78 is 4.89. The van der Waals surface area contributed by atoms with Gasteiger partial charge in [0, 0.05) is 52.4 Å². The van der Waals surface area contributed by atoms with E-state index in [-0.39, 0.29) is 11.9 Å². The summed E-state index contributed by atoms with van der Waals surface area (Å²) in [5, 5.41) is 9.85. The van der Waals surface area contributed by atoms with Crippen molar-refractivity contribution in [2.75, 3.05) is 18.5 Å². The van der Waals surface area contributed by atoms with Crippen molar-refractivity contribution in [3.63, 3.8) is 0 Å². The summed E-state index contributed by atoms with van der Waals surface area (Å²) in [6.45, 7) is 2.50. The van der Waals surface area contributed by atoms with Crippen LogP contribution < -0.4 is 16.4 Å². The Morgan fingerprint density at radius 1 is 1.07 bits per heavy atom. The van der Waals surface area contributed by atoms with Gasteiger partial charge in [0.25, 0.3) is 0 Å². The molecule has 1 atom stereocenters. The molecule has 0 radical (unpaired) electrons. The van der Waals surface area contributed by atoms with E-state index in [1.807, 2.05) is 24.4 Å². The largest absolute Gasteiger partial charge is 0.450 e. The maximum atomic E-state index is 11.4. The quantitative estimate of drug-likeness (QED) is 0.124. The van der Waals surface area contributed by atoms with Gasteiger partial charge in [0.05, 0.1) is 18.2 Å². The van der Waals surface area contributed by atoms with E-state index in [9.17, 15) is 9.59 Å². The molecule has 2 aromatic heterocycles. The molecule has 1 unspecified atom stereocenters. The molecule has 0 saturated heterocycles. The number of hydrogen-bond acceptors (Lipinski definition) is 5. The zero-order chi connectivity index (χ0) is 29.5. The number of hydrogen-bond donors (Lipinski definition) is 4. The third kappa shape index (κ3) is 7.34. The molecular weight excluding hydrogens is 550 g/mol. The Balaban J connectivity index is 1.44. The third-order valence-electron chi connectivity index (χ3n) is 8.14. The van der Waals surface area contributed by atoms with E-state index in [1.54, 1.807) is 6.92 Å². The van der Waals surface area contributed by atoms with Crippen molar-refractivity contribution < 1.29 is 14.3 Å². The summed E-state index contributed by atoms with van der Waals surface area (Å²) in [6.07, 6.45) is 11.1. The summed E-state index contributed by atoms with van der Waals surface area (Å²) in [5.41, 5.74) is 13.2. The smallest absolute Gasteiger partial charge is 0.404 e. The van der Waals surface area contributed by atoms with E-state index < -0.39 is 6.09 Å². The number of halogens is 1. The lowest BCUT2D eigenvalue weighted by atomic mass is 9.91. The van der Waals surface area contributed by atoms with Crippen LogP contribution in [0, 0.1) is 0 Å². The van der Waals surface area contributed by atoms with Crippen molar-refractivity contribution >= 4 is 51.1 Å².